The molecule has 0 saturated carbocycles. The Hall–Kier alpha value is -5.08. The van der Waals surface area contributed by atoms with Crippen LogP contribution >= 0.6 is 11.6 Å². The Morgan fingerprint density at radius 2 is 1.91 bits per heavy atom. The van der Waals surface area contributed by atoms with E-state index in [1.165, 1.54) is 6.20 Å². The Kier molecular flexibility index (Phi) is 8.73. The average Bonchev–Trinajstić information content (AvgIpc) is 3.02. The quantitative estimate of drug-likeness (QED) is 0.0908. The Labute approximate surface area is 257 Å². The summed E-state index contributed by atoms with van der Waals surface area (Å²) in [4.78, 5) is 18.4. The topological polar surface area (TPSA) is 143 Å². The lowest BCUT2D eigenvalue weighted by Gasteiger charge is -2.38. The molecule has 0 radical (unpaired) electrons. The number of nitrogens with one attached hydrogen (secondary N) is 3. The van der Waals surface area contributed by atoms with Crippen molar-refractivity contribution in [2.45, 2.75) is 31.4 Å². The molecule has 1 fully saturated rings. The number of amides is 1. The number of hydrogen-bond acceptors (Lipinski definition) is 8. The second-order valence-electron chi connectivity index (χ2n) is 10.4. The first kappa shape index (κ1) is 30.4. The van der Waals surface area contributed by atoms with Crippen molar-refractivity contribution in [3.8, 4) is 6.07 Å². The summed E-state index contributed by atoms with van der Waals surface area (Å²) < 4.78 is 26.8. The zero-order chi connectivity index (χ0) is 31.4. The monoisotopic (exact) mass is 614 g/mol. The van der Waals surface area contributed by atoms with Crippen molar-refractivity contribution in [3.05, 3.63) is 100 Å². The molecule has 1 aliphatic rings. The number of nitrogens with two attached hydrogens (primary N) is 1. The van der Waals surface area contributed by atoms with Crippen LogP contribution in [0.5, 0.6) is 0 Å². The van der Waals surface area contributed by atoms with Crippen molar-refractivity contribution in [1.82, 2.24) is 9.88 Å². The third kappa shape index (κ3) is 6.16. The van der Waals surface area contributed by atoms with Gasteiger partial charge in [-0.2, -0.15) is 10.4 Å². The number of pyridine rings is 1. The van der Waals surface area contributed by atoms with Gasteiger partial charge in [0, 0.05) is 29.0 Å². The van der Waals surface area contributed by atoms with Crippen LogP contribution in [0.4, 0.5) is 20.2 Å². The summed E-state index contributed by atoms with van der Waals surface area (Å²) in [6.07, 6.45) is 3.21. The summed E-state index contributed by atoms with van der Waals surface area (Å²) >= 11 is 6.72. The largest absolute Gasteiger partial charge is 0.377 e. The molecule has 2 heterocycles. The van der Waals surface area contributed by atoms with Gasteiger partial charge in [-0.25, -0.2) is 8.78 Å². The Bertz CT molecular complexity index is 1780. The summed E-state index contributed by atoms with van der Waals surface area (Å²) in [5, 5.41) is 29.4. The van der Waals surface area contributed by atoms with Crippen molar-refractivity contribution in [3.63, 3.8) is 0 Å². The zero-order valence-electron chi connectivity index (χ0n) is 23.7. The van der Waals surface area contributed by atoms with Gasteiger partial charge in [0.25, 0.3) is 11.8 Å². The Morgan fingerprint density at radius 3 is 2.55 bits per heavy atom. The number of fused-ring (bicyclic) bond motifs is 1. The van der Waals surface area contributed by atoms with E-state index in [9.17, 15) is 18.8 Å². The number of carbonyl (C=O) groups excluding carboxylic acids is 1. The van der Waals surface area contributed by atoms with Gasteiger partial charge in [-0.05, 0) is 41.8 Å². The lowest BCUT2D eigenvalue weighted by molar-refractivity contribution is -0.113. The molecule has 44 heavy (non-hydrogen) atoms. The van der Waals surface area contributed by atoms with Crippen LogP contribution in [-0.2, 0) is 0 Å². The van der Waals surface area contributed by atoms with Crippen molar-refractivity contribution in [1.29, 1.82) is 10.7 Å². The van der Waals surface area contributed by atoms with E-state index in [4.69, 9.17) is 22.9 Å². The summed E-state index contributed by atoms with van der Waals surface area (Å²) in [6, 6.07) is 21.1. The number of anilines is 2. The van der Waals surface area contributed by atoms with Gasteiger partial charge in [0.2, 0.25) is 0 Å². The first-order valence-electron chi connectivity index (χ1n) is 13.8. The SMILES string of the molecule is CC[C@@H](Nc1c(C#N)cnc2c(Cl)cc(N[C@H](C(C=N)=NN)c3cccc(C(=O)N4CC(F)(F)C4)c3)cc12)c1ccccc1. The van der Waals surface area contributed by atoms with Crippen molar-refractivity contribution in [2.75, 3.05) is 23.7 Å². The molecule has 224 valence electrons. The molecule has 4 aromatic rings. The highest BCUT2D eigenvalue weighted by Crippen LogP contribution is 2.37. The molecule has 0 spiro atoms. The highest BCUT2D eigenvalue weighted by atomic mass is 35.5. The molecule has 2 atom stereocenters. The van der Waals surface area contributed by atoms with E-state index < -0.39 is 31.0 Å². The molecule has 0 aliphatic carbocycles. The van der Waals surface area contributed by atoms with E-state index in [2.05, 4.69) is 26.8 Å². The lowest BCUT2D eigenvalue weighted by atomic mass is 9.98. The number of rotatable bonds is 10. The molecule has 1 amide bonds. The van der Waals surface area contributed by atoms with Crippen LogP contribution in [0.1, 0.15) is 52.5 Å². The number of alkyl halides is 2. The Morgan fingerprint density at radius 1 is 1.18 bits per heavy atom. The molecule has 5 rings (SSSR count). The molecule has 9 nitrogen and oxygen atoms in total. The third-order valence-electron chi connectivity index (χ3n) is 7.48. The van der Waals surface area contributed by atoms with E-state index >= 15 is 0 Å². The van der Waals surface area contributed by atoms with Crippen LogP contribution in [0.2, 0.25) is 5.02 Å². The van der Waals surface area contributed by atoms with Crippen LogP contribution in [0.15, 0.2) is 78.0 Å². The van der Waals surface area contributed by atoms with Gasteiger partial charge < -0.3 is 26.8 Å². The van der Waals surface area contributed by atoms with Crippen molar-refractivity contribution in [2.24, 2.45) is 10.9 Å². The number of aromatic nitrogens is 1. The maximum Gasteiger partial charge on any atom is 0.282 e. The smallest absolute Gasteiger partial charge is 0.282 e. The van der Waals surface area contributed by atoms with Crippen molar-refractivity contribution >= 4 is 51.7 Å². The number of likely N-dealkylation sites (tertiary alicyclic amines) is 1. The molecule has 1 saturated heterocycles. The van der Waals surface area contributed by atoms with Gasteiger partial charge >= 0.3 is 0 Å². The van der Waals surface area contributed by atoms with Crippen LogP contribution in [-0.4, -0.2) is 46.7 Å². The number of nitriles is 1. The standard InChI is InChI=1S/C32H29ClF2N8O/c1-2-26(19-7-4-3-5-8-19)41-28-22(14-36)16-39-30-24(28)12-23(13-25(30)33)40-29(27(15-37)42-38)20-9-6-10-21(11-20)31(44)43-17-32(34,35)18-43/h3-13,15-16,26,29,37,40H,2,17-18,38H2,1H3,(H,39,41)/t26-,29+/m1/s1. The molecule has 1 aromatic heterocycles. The summed E-state index contributed by atoms with van der Waals surface area (Å²) in [6.45, 7) is 0.769. The first-order valence-corrected chi connectivity index (χ1v) is 14.2. The van der Waals surface area contributed by atoms with Gasteiger partial charge in [-0.1, -0.05) is 61.0 Å². The minimum Gasteiger partial charge on any atom is -0.377 e. The molecule has 0 unspecified atom stereocenters. The third-order valence-corrected chi connectivity index (χ3v) is 7.76. The van der Waals surface area contributed by atoms with Gasteiger partial charge in [0.05, 0.1) is 47.0 Å². The predicted octanol–water partition coefficient (Wildman–Crippen LogP) is 6.53. The molecule has 3 aromatic carbocycles. The average molecular weight is 615 g/mol. The summed E-state index contributed by atoms with van der Waals surface area (Å²) in [7, 11) is 0. The molecule has 5 N–H and O–H groups in total. The van der Waals surface area contributed by atoms with Gasteiger partial charge in [0.1, 0.15) is 11.8 Å². The van der Waals surface area contributed by atoms with Gasteiger partial charge in [-0.3, -0.25) is 9.78 Å². The number of carbonyl (C=O) groups is 1. The normalized spacial score (nSPS) is 15.5. The van der Waals surface area contributed by atoms with E-state index in [0.717, 1.165) is 23.1 Å². The molecule has 1 aliphatic heterocycles. The maximum absolute atomic E-state index is 13.4. The van der Waals surface area contributed by atoms with Gasteiger partial charge in [0.15, 0.2) is 0 Å². The van der Waals surface area contributed by atoms with E-state index in [1.807, 2.05) is 37.3 Å². The highest BCUT2D eigenvalue weighted by Gasteiger charge is 2.46. The van der Waals surface area contributed by atoms with Crippen molar-refractivity contribution < 1.29 is 13.6 Å². The fourth-order valence-electron chi connectivity index (χ4n) is 5.24. The van der Waals surface area contributed by atoms with Gasteiger partial charge in [-0.15, -0.1) is 0 Å². The highest BCUT2D eigenvalue weighted by molar-refractivity contribution is 6.36. The minimum absolute atomic E-state index is 0.0995. The minimum atomic E-state index is -2.89. The summed E-state index contributed by atoms with van der Waals surface area (Å²) in [5.41, 5.74) is 3.80. The molecular weight excluding hydrogens is 586 g/mol. The van der Waals surface area contributed by atoms with Crippen LogP contribution < -0.4 is 16.5 Å². The number of nitrogens with zero attached hydrogens (tertiary/aromatic N) is 4. The second-order valence-corrected chi connectivity index (χ2v) is 10.9. The van der Waals surface area contributed by atoms with E-state index in [-0.39, 0.29) is 17.3 Å². The number of benzene rings is 3. The zero-order valence-corrected chi connectivity index (χ0v) is 24.4. The molecular formula is C32H29ClF2N8O. The van der Waals surface area contributed by atoms with Crippen LogP contribution in [0, 0.1) is 16.7 Å². The number of hydrogen-bond donors (Lipinski definition) is 4. The predicted molar refractivity (Wildman–Crippen MR) is 169 cm³/mol. The lowest BCUT2D eigenvalue weighted by Crippen LogP contribution is -2.58. The first-order chi connectivity index (χ1) is 21.2. The second kappa shape index (κ2) is 12.7. The van der Waals surface area contributed by atoms with Crippen LogP contribution in [0.25, 0.3) is 10.9 Å². The fourth-order valence-corrected chi connectivity index (χ4v) is 5.51. The van der Waals surface area contributed by atoms with E-state index in [0.29, 0.717) is 38.4 Å². The number of hydrazone groups is 1. The summed E-state index contributed by atoms with van der Waals surface area (Å²) in [5.74, 6) is 2.23. The molecule has 12 heteroatoms. The fraction of sp³-hybridized carbons (Fsp3) is 0.219. The van der Waals surface area contributed by atoms with E-state index in [1.54, 1.807) is 36.4 Å². The van der Waals surface area contributed by atoms with Crippen LogP contribution in [0.3, 0.4) is 0 Å². The maximum atomic E-state index is 13.4. The number of halogens is 3. The molecule has 0 bridgehead atoms. The Balaban J connectivity index is 1.54.